The Bertz CT molecular complexity index is 905. The van der Waals surface area contributed by atoms with Crippen LogP contribution in [0.2, 0.25) is 0 Å². The van der Waals surface area contributed by atoms with Crippen LogP contribution in [0.4, 0.5) is 0 Å². The minimum Gasteiger partial charge on any atom is -0.465 e. The van der Waals surface area contributed by atoms with E-state index in [-0.39, 0.29) is 11.5 Å². The molecule has 0 aliphatic heterocycles. The molecule has 0 radical (unpaired) electrons. The van der Waals surface area contributed by atoms with Crippen LogP contribution in [-0.2, 0) is 25.0 Å². The Hall–Kier alpha value is -2.18. The molecule has 0 bridgehead atoms. The summed E-state index contributed by atoms with van der Waals surface area (Å²) < 4.78 is 29.3. The lowest BCUT2D eigenvalue weighted by atomic mass is 9.80. The predicted octanol–water partition coefficient (Wildman–Crippen LogP) is 2.18. The summed E-state index contributed by atoms with van der Waals surface area (Å²) in [5.74, 6) is -0.484. The Morgan fingerprint density at radius 3 is 2.43 bits per heavy atom. The van der Waals surface area contributed by atoms with Gasteiger partial charge in [0.1, 0.15) is 5.41 Å². The van der Waals surface area contributed by atoms with Crippen molar-refractivity contribution in [1.82, 2.24) is 0 Å². The zero-order valence-corrected chi connectivity index (χ0v) is 13.7. The number of benzene rings is 2. The summed E-state index contributed by atoms with van der Waals surface area (Å²) in [6.07, 6.45) is 0. The van der Waals surface area contributed by atoms with Crippen LogP contribution in [0, 0.1) is 0 Å². The predicted molar refractivity (Wildman–Crippen MR) is 86.3 cm³/mol. The lowest BCUT2D eigenvalue weighted by molar-refractivity contribution is -0.147. The summed E-state index contributed by atoms with van der Waals surface area (Å²) >= 11 is 0. The van der Waals surface area contributed by atoms with Crippen LogP contribution in [-0.4, -0.2) is 21.0 Å². The molecular formula is C17H17NO4S. The van der Waals surface area contributed by atoms with E-state index in [2.05, 4.69) is 0 Å². The molecule has 5 nitrogen and oxygen atoms in total. The minimum absolute atomic E-state index is 0.0400. The molecule has 0 fully saturated rings. The average molecular weight is 331 g/mol. The van der Waals surface area contributed by atoms with Crippen molar-refractivity contribution in [3.8, 4) is 11.1 Å². The topological polar surface area (TPSA) is 86.5 Å². The first-order valence-corrected chi connectivity index (χ1v) is 8.79. The van der Waals surface area contributed by atoms with Crippen molar-refractivity contribution >= 4 is 16.0 Å². The number of hydrogen-bond donors (Lipinski definition) is 1. The van der Waals surface area contributed by atoms with Crippen LogP contribution in [0.1, 0.15) is 25.0 Å². The van der Waals surface area contributed by atoms with Crippen molar-refractivity contribution in [2.45, 2.75) is 24.2 Å². The zero-order chi connectivity index (χ0) is 16.8. The maximum atomic E-state index is 12.7. The van der Waals surface area contributed by atoms with Crippen molar-refractivity contribution < 1.29 is 17.9 Å². The largest absolute Gasteiger partial charge is 0.465 e. The summed E-state index contributed by atoms with van der Waals surface area (Å²) in [5, 5.41) is 5.38. The highest BCUT2D eigenvalue weighted by Crippen LogP contribution is 2.51. The van der Waals surface area contributed by atoms with E-state index in [0.717, 1.165) is 11.1 Å². The second-order valence-electron chi connectivity index (χ2n) is 5.61. The molecule has 1 unspecified atom stereocenters. The van der Waals surface area contributed by atoms with Crippen LogP contribution < -0.4 is 5.14 Å². The van der Waals surface area contributed by atoms with Crippen molar-refractivity contribution in [1.29, 1.82) is 0 Å². The Labute approximate surface area is 135 Å². The lowest BCUT2D eigenvalue weighted by Gasteiger charge is -2.26. The van der Waals surface area contributed by atoms with Gasteiger partial charge in [-0.2, -0.15) is 0 Å². The molecule has 0 amide bonds. The van der Waals surface area contributed by atoms with Crippen LogP contribution >= 0.6 is 0 Å². The van der Waals surface area contributed by atoms with E-state index >= 15 is 0 Å². The van der Waals surface area contributed by atoms with E-state index in [1.807, 2.05) is 24.3 Å². The fourth-order valence-electron chi connectivity index (χ4n) is 3.28. The number of sulfonamides is 1. The maximum Gasteiger partial charge on any atom is 0.320 e. The normalized spacial score (nSPS) is 19.1. The average Bonchev–Trinajstić information content (AvgIpc) is 2.78. The van der Waals surface area contributed by atoms with Gasteiger partial charge in [-0.05, 0) is 36.6 Å². The molecule has 3 rings (SSSR count). The summed E-state index contributed by atoms with van der Waals surface area (Å²) in [4.78, 5) is 12.7. The van der Waals surface area contributed by atoms with Crippen molar-refractivity contribution in [3.05, 3.63) is 53.6 Å². The van der Waals surface area contributed by atoms with Gasteiger partial charge >= 0.3 is 5.97 Å². The molecule has 2 N–H and O–H groups in total. The van der Waals surface area contributed by atoms with Crippen LogP contribution in [0.15, 0.2) is 47.4 Å². The maximum absolute atomic E-state index is 12.7. The molecule has 2 aromatic carbocycles. The summed E-state index contributed by atoms with van der Waals surface area (Å²) in [7, 11) is -3.97. The molecular weight excluding hydrogens is 314 g/mol. The number of esters is 1. The number of primary sulfonamides is 1. The summed E-state index contributed by atoms with van der Waals surface area (Å²) in [5.41, 5.74) is 1.43. The van der Waals surface area contributed by atoms with E-state index in [4.69, 9.17) is 9.88 Å². The molecule has 1 aliphatic rings. The summed E-state index contributed by atoms with van der Waals surface area (Å²) in [6, 6.07) is 12.2. The number of carbonyl (C=O) groups is 1. The van der Waals surface area contributed by atoms with E-state index in [1.54, 1.807) is 26.0 Å². The first-order chi connectivity index (χ1) is 10.8. The fraction of sp³-hybridized carbons (Fsp3) is 0.235. The van der Waals surface area contributed by atoms with E-state index in [0.29, 0.717) is 11.1 Å². The molecule has 120 valence electrons. The third kappa shape index (κ3) is 2.17. The van der Waals surface area contributed by atoms with Crippen LogP contribution in [0.25, 0.3) is 11.1 Å². The van der Waals surface area contributed by atoms with Gasteiger partial charge in [0.15, 0.2) is 0 Å². The van der Waals surface area contributed by atoms with Crippen LogP contribution in [0.5, 0.6) is 0 Å². The van der Waals surface area contributed by atoms with Crippen molar-refractivity contribution in [2.24, 2.45) is 5.14 Å². The van der Waals surface area contributed by atoms with Crippen molar-refractivity contribution in [3.63, 3.8) is 0 Å². The van der Waals surface area contributed by atoms with Gasteiger partial charge in [0.05, 0.1) is 11.5 Å². The number of carbonyl (C=O) groups excluding carboxylic acids is 1. The van der Waals surface area contributed by atoms with E-state index in [9.17, 15) is 13.2 Å². The third-order valence-electron chi connectivity index (χ3n) is 4.27. The number of rotatable bonds is 3. The van der Waals surface area contributed by atoms with Gasteiger partial charge in [-0.15, -0.1) is 0 Å². The van der Waals surface area contributed by atoms with Gasteiger partial charge in [-0.1, -0.05) is 36.4 Å². The molecule has 0 saturated carbocycles. The standard InChI is InChI=1S/C17H17NO4S/c1-3-22-16(19)17(2)13-9-5-4-7-11(13)12-8-6-10-14(15(12)17)23(18,20)21/h4-10H,3H2,1-2H3,(H2,18,20,21). The molecule has 0 spiro atoms. The van der Waals surface area contributed by atoms with Gasteiger partial charge < -0.3 is 4.74 Å². The molecule has 23 heavy (non-hydrogen) atoms. The van der Waals surface area contributed by atoms with Crippen molar-refractivity contribution in [2.75, 3.05) is 6.61 Å². The Morgan fingerprint density at radius 1 is 1.13 bits per heavy atom. The first-order valence-electron chi connectivity index (χ1n) is 7.25. The zero-order valence-electron chi connectivity index (χ0n) is 12.9. The number of nitrogens with two attached hydrogens (primary N) is 1. The third-order valence-corrected chi connectivity index (χ3v) is 5.23. The Kier molecular flexibility index (Phi) is 3.54. The number of hydrogen-bond acceptors (Lipinski definition) is 4. The number of fused-ring (bicyclic) bond motifs is 3. The smallest absolute Gasteiger partial charge is 0.320 e. The van der Waals surface area contributed by atoms with E-state index < -0.39 is 21.4 Å². The second kappa shape index (κ2) is 5.18. The van der Waals surface area contributed by atoms with Crippen LogP contribution in [0.3, 0.4) is 0 Å². The SMILES string of the molecule is CCOC(=O)C1(C)c2ccccc2-c2cccc(S(N)(=O)=O)c21. The first kappa shape index (κ1) is 15.7. The van der Waals surface area contributed by atoms with E-state index in [1.165, 1.54) is 6.07 Å². The van der Waals surface area contributed by atoms with Gasteiger partial charge in [0.25, 0.3) is 0 Å². The quantitative estimate of drug-likeness (QED) is 0.873. The molecule has 0 aromatic heterocycles. The minimum atomic E-state index is -3.97. The highest BCUT2D eigenvalue weighted by Gasteiger charge is 2.49. The monoisotopic (exact) mass is 331 g/mol. The molecule has 0 saturated heterocycles. The Balaban J connectivity index is 2.42. The fourth-order valence-corrected chi connectivity index (χ4v) is 4.15. The molecule has 0 heterocycles. The molecule has 2 aromatic rings. The van der Waals surface area contributed by atoms with Gasteiger partial charge in [-0.25, -0.2) is 13.6 Å². The highest BCUT2D eigenvalue weighted by atomic mass is 32.2. The Morgan fingerprint density at radius 2 is 1.78 bits per heavy atom. The highest BCUT2D eigenvalue weighted by molar-refractivity contribution is 7.89. The molecule has 1 atom stereocenters. The van der Waals surface area contributed by atoms with Gasteiger partial charge in [0.2, 0.25) is 10.0 Å². The molecule has 1 aliphatic carbocycles. The summed E-state index contributed by atoms with van der Waals surface area (Å²) in [6.45, 7) is 3.61. The lowest BCUT2D eigenvalue weighted by Crippen LogP contribution is -2.35. The second-order valence-corrected chi connectivity index (χ2v) is 7.14. The van der Waals surface area contributed by atoms with Gasteiger partial charge in [-0.3, -0.25) is 4.79 Å². The molecule has 6 heteroatoms. The number of ether oxygens (including phenoxy) is 1. The van der Waals surface area contributed by atoms with Gasteiger partial charge in [0, 0.05) is 5.56 Å².